The highest BCUT2D eigenvalue weighted by molar-refractivity contribution is 7.10. The first-order valence-electron chi connectivity index (χ1n) is 9.05. The van der Waals surface area contributed by atoms with Crippen molar-refractivity contribution < 1.29 is 4.79 Å². The first kappa shape index (κ1) is 19.1. The number of amides is 1. The van der Waals surface area contributed by atoms with Crippen molar-refractivity contribution in [2.24, 2.45) is 0 Å². The summed E-state index contributed by atoms with van der Waals surface area (Å²) in [6.07, 6.45) is 3.46. The van der Waals surface area contributed by atoms with Crippen molar-refractivity contribution in [2.45, 2.75) is 40.3 Å². The van der Waals surface area contributed by atoms with E-state index in [1.54, 1.807) is 17.4 Å². The highest BCUT2D eigenvalue weighted by Crippen LogP contribution is 2.19. The molecule has 0 aliphatic carbocycles. The summed E-state index contributed by atoms with van der Waals surface area (Å²) in [5, 5.41) is 9.66. The summed E-state index contributed by atoms with van der Waals surface area (Å²) >= 11 is 1.65. The van der Waals surface area contributed by atoms with Crippen molar-refractivity contribution in [3.8, 4) is 0 Å². The molecule has 140 valence electrons. The Balaban J connectivity index is 1.69. The Bertz CT molecular complexity index is 937. The van der Waals surface area contributed by atoms with Crippen LogP contribution in [0.3, 0.4) is 0 Å². The first-order valence-corrected chi connectivity index (χ1v) is 9.93. The number of nitrogens with one attached hydrogen (secondary N) is 1. The van der Waals surface area contributed by atoms with Gasteiger partial charge in [0.15, 0.2) is 0 Å². The Morgan fingerprint density at radius 1 is 1.22 bits per heavy atom. The van der Waals surface area contributed by atoms with E-state index in [2.05, 4.69) is 41.6 Å². The lowest BCUT2D eigenvalue weighted by Gasteiger charge is -2.09. The molecular weight excluding hydrogens is 354 g/mol. The van der Waals surface area contributed by atoms with Crippen LogP contribution in [0.5, 0.6) is 0 Å². The molecule has 2 aromatic heterocycles. The van der Waals surface area contributed by atoms with Crippen LogP contribution in [0.1, 0.15) is 45.9 Å². The lowest BCUT2D eigenvalue weighted by atomic mass is 10.1. The predicted octanol–water partition coefficient (Wildman–Crippen LogP) is 4.81. The maximum absolute atomic E-state index is 12.3. The third-order valence-corrected chi connectivity index (χ3v) is 5.68. The minimum absolute atomic E-state index is 0.00797. The molecule has 5 heteroatoms. The molecule has 1 unspecified atom stereocenters. The van der Waals surface area contributed by atoms with Crippen LogP contribution in [-0.4, -0.2) is 15.7 Å². The molecule has 2 heterocycles. The molecule has 27 heavy (non-hydrogen) atoms. The monoisotopic (exact) mass is 379 g/mol. The van der Waals surface area contributed by atoms with Gasteiger partial charge in [-0.1, -0.05) is 35.9 Å². The number of carbonyl (C=O) groups is 1. The molecule has 4 nitrogen and oxygen atoms in total. The van der Waals surface area contributed by atoms with Crippen LogP contribution < -0.4 is 5.32 Å². The summed E-state index contributed by atoms with van der Waals surface area (Å²) in [5.74, 6) is -0.0963. The van der Waals surface area contributed by atoms with Crippen LogP contribution in [0.4, 0.5) is 0 Å². The number of benzene rings is 1. The zero-order valence-corrected chi connectivity index (χ0v) is 17.0. The third kappa shape index (κ3) is 4.74. The van der Waals surface area contributed by atoms with Gasteiger partial charge in [0.25, 0.3) is 0 Å². The maximum Gasteiger partial charge on any atom is 0.244 e. The smallest absolute Gasteiger partial charge is 0.244 e. The number of nitrogens with zero attached hydrogens (tertiary/aromatic N) is 2. The van der Waals surface area contributed by atoms with Crippen LogP contribution >= 0.6 is 11.3 Å². The zero-order chi connectivity index (χ0) is 19.4. The summed E-state index contributed by atoms with van der Waals surface area (Å²) < 4.78 is 1.99. The van der Waals surface area contributed by atoms with Gasteiger partial charge < -0.3 is 5.32 Å². The van der Waals surface area contributed by atoms with Crippen LogP contribution in [0.25, 0.3) is 6.08 Å². The van der Waals surface area contributed by atoms with Gasteiger partial charge in [-0.05, 0) is 50.8 Å². The second-order valence-corrected chi connectivity index (χ2v) is 7.79. The molecule has 0 aliphatic rings. The molecular formula is C22H25N3OS. The van der Waals surface area contributed by atoms with E-state index in [-0.39, 0.29) is 11.9 Å². The highest BCUT2D eigenvalue weighted by Gasteiger charge is 2.11. The van der Waals surface area contributed by atoms with Gasteiger partial charge in [0.1, 0.15) is 0 Å². The van der Waals surface area contributed by atoms with E-state index >= 15 is 0 Å². The molecule has 0 radical (unpaired) electrons. The molecule has 1 amide bonds. The fourth-order valence-electron chi connectivity index (χ4n) is 3.00. The van der Waals surface area contributed by atoms with Gasteiger partial charge >= 0.3 is 0 Å². The summed E-state index contributed by atoms with van der Waals surface area (Å²) in [4.78, 5) is 13.4. The molecule has 1 aromatic carbocycles. The van der Waals surface area contributed by atoms with Crippen molar-refractivity contribution in [2.75, 3.05) is 0 Å². The minimum atomic E-state index is -0.0963. The number of rotatable bonds is 6. The molecule has 3 aromatic rings. The van der Waals surface area contributed by atoms with Gasteiger partial charge in [0.2, 0.25) is 5.91 Å². The fraction of sp³-hybridized carbons (Fsp3) is 0.273. The van der Waals surface area contributed by atoms with Gasteiger partial charge in [-0.15, -0.1) is 11.3 Å². The van der Waals surface area contributed by atoms with E-state index in [0.29, 0.717) is 0 Å². The van der Waals surface area contributed by atoms with Crippen molar-refractivity contribution in [3.63, 3.8) is 0 Å². The molecule has 0 bridgehead atoms. The van der Waals surface area contributed by atoms with Crippen LogP contribution in [0, 0.1) is 20.8 Å². The van der Waals surface area contributed by atoms with Crippen molar-refractivity contribution in [1.82, 2.24) is 15.1 Å². The Hall–Kier alpha value is -2.66. The van der Waals surface area contributed by atoms with Gasteiger partial charge in [-0.2, -0.15) is 5.10 Å². The SMILES string of the molecule is Cc1ccc(Cn2nc(C)c(/C=C/C(=O)NC(C)c3cccs3)c2C)cc1. The average Bonchev–Trinajstić information content (AvgIpc) is 3.25. The number of aryl methyl sites for hydroxylation is 2. The number of thiophene rings is 1. The van der Waals surface area contributed by atoms with Gasteiger partial charge in [-0.3, -0.25) is 9.48 Å². The Morgan fingerprint density at radius 3 is 2.63 bits per heavy atom. The summed E-state index contributed by atoms with van der Waals surface area (Å²) in [7, 11) is 0. The van der Waals surface area contributed by atoms with E-state index in [4.69, 9.17) is 0 Å². The van der Waals surface area contributed by atoms with Crippen LogP contribution in [0.15, 0.2) is 47.9 Å². The largest absolute Gasteiger partial charge is 0.345 e. The Morgan fingerprint density at radius 2 is 1.96 bits per heavy atom. The average molecular weight is 380 g/mol. The maximum atomic E-state index is 12.3. The standard InChI is InChI=1S/C22H25N3OS/c1-15-7-9-19(10-8-15)14-25-18(4)20(16(2)24-25)11-12-22(26)23-17(3)21-6-5-13-27-21/h5-13,17H,14H2,1-4H3,(H,23,26)/b12-11+. The van der Waals surface area contributed by atoms with Crippen molar-refractivity contribution in [3.05, 3.63) is 80.8 Å². The quantitative estimate of drug-likeness (QED) is 0.625. The second kappa shape index (κ2) is 8.35. The molecule has 1 atom stereocenters. The second-order valence-electron chi connectivity index (χ2n) is 6.81. The predicted molar refractivity (Wildman–Crippen MR) is 112 cm³/mol. The van der Waals surface area contributed by atoms with E-state index in [0.717, 1.165) is 28.4 Å². The summed E-state index contributed by atoms with van der Waals surface area (Å²) in [5.41, 5.74) is 5.45. The van der Waals surface area contributed by atoms with E-state index in [9.17, 15) is 4.79 Å². The van der Waals surface area contributed by atoms with Crippen molar-refractivity contribution >= 4 is 23.3 Å². The number of hydrogen-bond donors (Lipinski definition) is 1. The molecule has 1 N–H and O–H groups in total. The molecule has 3 rings (SSSR count). The van der Waals surface area contributed by atoms with Gasteiger partial charge in [-0.25, -0.2) is 0 Å². The molecule has 0 fully saturated rings. The van der Waals surface area contributed by atoms with Crippen molar-refractivity contribution in [1.29, 1.82) is 0 Å². The molecule has 0 aliphatic heterocycles. The molecule has 0 saturated heterocycles. The number of hydrogen-bond acceptors (Lipinski definition) is 3. The highest BCUT2D eigenvalue weighted by atomic mass is 32.1. The zero-order valence-electron chi connectivity index (χ0n) is 16.2. The van der Waals surface area contributed by atoms with E-state index in [1.165, 1.54) is 11.1 Å². The van der Waals surface area contributed by atoms with Crippen LogP contribution in [-0.2, 0) is 11.3 Å². The summed E-state index contributed by atoms with van der Waals surface area (Å²) in [6.45, 7) is 8.82. The summed E-state index contributed by atoms with van der Waals surface area (Å²) in [6, 6.07) is 12.5. The molecule has 0 spiro atoms. The lowest BCUT2D eigenvalue weighted by Crippen LogP contribution is -2.23. The van der Waals surface area contributed by atoms with E-state index in [1.807, 2.05) is 49.0 Å². The minimum Gasteiger partial charge on any atom is -0.345 e. The van der Waals surface area contributed by atoms with Crippen LogP contribution in [0.2, 0.25) is 0 Å². The topological polar surface area (TPSA) is 46.9 Å². The lowest BCUT2D eigenvalue weighted by molar-refractivity contribution is -0.117. The first-order chi connectivity index (χ1) is 12.9. The number of aromatic nitrogens is 2. The van der Waals surface area contributed by atoms with Gasteiger partial charge in [0.05, 0.1) is 18.3 Å². The third-order valence-electron chi connectivity index (χ3n) is 4.62. The number of carbonyl (C=O) groups excluding carboxylic acids is 1. The molecule has 0 saturated carbocycles. The Labute approximate surface area is 164 Å². The van der Waals surface area contributed by atoms with Gasteiger partial charge in [0, 0.05) is 22.2 Å². The Kier molecular flexibility index (Phi) is 5.91. The fourth-order valence-corrected chi connectivity index (χ4v) is 3.74. The van der Waals surface area contributed by atoms with E-state index < -0.39 is 0 Å². The normalized spacial score (nSPS) is 12.4.